The van der Waals surface area contributed by atoms with Gasteiger partial charge in [-0.1, -0.05) is 6.42 Å². The first-order valence-electron chi connectivity index (χ1n) is 6.00. The molecule has 0 aromatic carbocycles. The van der Waals surface area contributed by atoms with E-state index < -0.39 is 0 Å². The summed E-state index contributed by atoms with van der Waals surface area (Å²) in [5, 5.41) is 16.1. The van der Waals surface area contributed by atoms with Crippen molar-refractivity contribution in [1.82, 2.24) is 0 Å². The normalized spacial score (nSPS) is 45.8. The summed E-state index contributed by atoms with van der Waals surface area (Å²) in [5.74, 6) is 4.74. The molecule has 2 N–H and O–H groups in total. The number of carboxylic acid groups (broad SMARTS) is 1. The molecule has 3 aliphatic carbocycles. The highest BCUT2D eigenvalue weighted by Gasteiger charge is 2.53. The smallest absolute Gasteiger partial charge is 0.290 e. The number of hydrogen-bond donors (Lipinski definition) is 2. The fraction of sp³-hybridized carbons (Fsp3) is 0.917. The molecule has 0 aromatic heterocycles. The van der Waals surface area contributed by atoms with E-state index in [9.17, 15) is 5.11 Å². The van der Waals surface area contributed by atoms with Gasteiger partial charge >= 0.3 is 0 Å². The monoisotopic (exact) mass is 212 g/mol. The lowest BCUT2D eigenvalue weighted by Crippen LogP contribution is -2.26. The van der Waals surface area contributed by atoms with E-state index in [1.807, 2.05) is 0 Å². The number of hydrogen-bond acceptors (Lipinski definition) is 2. The minimum absolute atomic E-state index is 0.250. The van der Waals surface area contributed by atoms with Gasteiger partial charge in [-0.25, -0.2) is 0 Å². The zero-order chi connectivity index (χ0) is 10.8. The second-order valence-corrected chi connectivity index (χ2v) is 5.20. The lowest BCUT2D eigenvalue weighted by Gasteiger charge is -2.30. The third-order valence-electron chi connectivity index (χ3n) is 4.80. The molecule has 2 bridgehead atoms. The Morgan fingerprint density at radius 1 is 1.13 bits per heavy atom. The van der Waals surface area contributed by atoms with E-state index in [0.717, 1.165) is 23.7 Å². The van der Waals surface area contributed by atoms with Crippen molar-refractivity contribution in [2.45, 2.75) is 32.1 Å². The molecule has 0 radical (unpaired) electrons. The average Bonchev–Trinajstić information content (AvgIpc) is 2.90. The lowest BCUT2D eigenvalue weighted by molar-refractivity contribution is -0.122. The van der Waals surface area contributed by atoms with Crippen molar-refractivity contribution in [3.63, 3.8) is 0 Å². The highest BCUT2D eigenvalue weighted by atomic mass is 16.3. The average molecular weight is 212 g/mol. The molecule has 0 aliphatic heterocycles. The predicted octanol–water partition coefficient (Wildman–Crippen LogP) is 1.75. The summed E-state index contributed by atoms with van der Waals surface area (Å²) in [6.45, 7) is 0.213. The van der Waals surface area contributed by atoms with Crippen LogP contribution in [0.1, 0.15) is 32.1 Å². The molecule has 3 rings (SSSR count). The maximum Gasteiger partial charge on any atom is 0.290 e. The number of aliphatic hydroxyl groups excluding tert-OH is 1. The van der Waals surface area contributed by atoms with E-state index in [1.165, 1.54) is 32.1 Å². The SMILES string of the molecule is O=CO.OCC1CC2CC1C1CCCC21. The van der Waals surface area contributed by atoms with Crippen molar-refractivity contribution in [2.75, 3.05) is 6.61 Å². The fourth-order valence-corrected chi connectivity index (χ4v) is 4.42. The molecule has 3 saturated carbocycles. The minimum Gasteiger partial charge on any atom is -0.483 e. The van der Waals surface area contributed by atoms with Gasteiger partial charge in [0, 0.05) is 6.61 Å². The molecule has 0 aromatic rings. The van der Waals surface area contributed by atoms with E-state index in [1.54, 1.807) is 0 Å². The first-order chi connectivity index (χ1) is 7.31. The Kier molecular flexibility index (Phi) is 3.29. The molecule has 0 heterocycles. The van der Waals surface area contributed by atoms with Crippen LogP contribution in [-0.4, -0.2) is 23.3 Å². The van der Waals surface area contributed by atoms with E-state index >= 15 is 0 Å². The van der Waals surface area contributed by atoms with Gasteiger partial charge in [0.15, 0.2) is 0 Å². The zero-order valence-electron chi connectivity index (χ0n) is 9.01. The summed E-state index contributed by atoms with van der Waals surface area (Å²) >= 11 is 0. The van der Waals surface area contributed by atoms with E-state index in [2.05, 4.69) is 0 Å². The van der Waals surface area contributed by atoms with Gasteiger partial charge in [0.1, 0.15) is 0 Å². The van der Waals surface area contributed by atoms with E-state index in [4.69, 9.17) is 9.90 Å². The molecule has 5 atom stereocenters. The third-order valence-corrected chi connectivity index (χ3v) is 4.80. The number of fused-ring (bicyclic) bond motifs is 5. The summed E-state index contributed by atoms with van der Waals surface area (Å²) in [6.07, 6.45) is 7.26. The largest absolute Gasteiger partial charge is 0.483 e. The molecular formula is C12H20O3. The summed E-state index contributed by atoms with van der Waals surface area (Å²) < 4.78 is 0. The summed E-state index contributed by atoms with van der Waals surface area (Å²) in [4.78, 5) is 8.36. The molecule has 0 amide bonds. The van der Waals surface area contributed by atoms with Crippen LogP contribution in [0.25, 0.3) is 0 Å². The Bertz CT molecular complexity index is 227. The van der Waals surface area contributed by atoms with Gasteiger partial charge < -0.3 is 10.2 Å². The quantitative estimate of drug-likeness (QED) is 0.651. The molecule has 3 nitrogen and oxygen atoms in total. The number of rotatable bonds is 1. The van der Waals surface area contributed by atoms with Crippen LogP contribution in [0.3, 0.4) is 0 Å². The highest BCUT2D eigenvalue weighted by molar-refractivity contribution is 5.32. The maximum atomic E-state index is 9.21. The first kappa shape index (κ1) is 10.9. The molecule has 3 fully saturated rings. The van der Waals surface area contributed by atoms with Crippen molar-refractivity contribution in [2.24, 2.45) is 29.6 Å². The summed E-state index contributed by atoms with van der Waals surface area (Å²) in [7, 11) is 0. The molecule has 0 saturated heterocycles. The van der Waals surface area contributed by atoms with Gasteiger partial charge in [-0.15, -0.1) is 0 Å². The van der Waals surface area contributed by atoms with Gasteiger partial charge in [0.2, 0.25) is 0 Å². The number of carbonyl (C=O) groups is 1. The van der Waals surface area contributed by atoms with Crippen LogP contribution >= 0.6 is 0 Å². The molecule has 3 aliphatic rings. The molecule has 86 valence electrons. The van der Waals surface area contributed by atoms with Gasteiger partial charge in [-0.3, -0.25) is 4.79 Å². The highest BCUT2D eigenvalue weighted by Crippen LogP contribution is 2.60. The predicted molar refractivity (Wildman–Crippen MR) is 56.3 cm³/mol. The second-order valence-electron chi connectivity index (χ2n) is 5.20. The minimum atomic E-state index is -0.250. The van der Waals surface area contributed by atoms with Crippen molar-refractivity contribution in [3.8, 4) is 0 Å². The first-order valence-corrected chi connectivity index (χ1v) is 6.00. The fourth-order valence-electron chi connectivity index (χ4n) is 4.42. The maximum absolute atomic E-state index is 9.21. The topological polar surface area (TPSA) is 57.5 Å². The van der Waals surface area contributed by atoms with Crippen LogP contribution in [-0.2, 0) is 4.79 Å². The van der Waals surface area contributed by atoms with Crippen molar-refractivity contribution in [1.29, 1.82) is 0 Å². The van der Waals surface area contributed by atoms with Crippen molar-refractivity contribution < 1.29 is 15.0 Å². The Labute approximate surface area is 90.5 Å². The van der Waals surface area contributed by atoms with Crippen LogP contribution in [0, 0.1) is 29.6 Å². The molecule has 3 heteroatoms. The Hall–Kier alpha value is -0.570. The molecule has 0 spiro atoms. The van der Waals surface area contributed by atoms with Crippen LogP contribution in [0.4, 0.5) is 0 Å². The van der Waals surface area contributed by atoms with Gasteiger partial charge in [0.25, 0.3) is 6.47 Å². The summed E-state index contributed by atoms with van der Waals surface area (Å²) in [6, 6.07) is 0. The van der Waals surface area contributed by atoms with E-state index in [0.29, 0.717) is 12.5 Å². The van der Waals surface area contributed by atoms with Gasteiger partial charge in [-0.2, -0.15) is 0 Å². The molecule has 5 unspecified atom stereocenters. The van der Waals surface area contributed by atoms with Crippen LogP contribution in [0.5, 0.6) is 0 Å². The van der Waals surface area contributed by atoms with Crippen molar-refractivity contribution in [3.05, 3.63) is 0 Å². The lowest BCUT2D eigenvalue weighted by atomic mass is 9.76. The Balaban J connectivity index is 0.000000258. The van der Waals surface area contributed by atoms with Crippen LogP contribution in [0.15, 0.2) is 0 Å². The summed E-state index contributed by atoms with van der Waals surface area (Å²) in [5.41, 5.74) is 0. The van der Waals surface area contributed by atoms with Crippen LogP contribution in [0.2, 0.25) is 0 Å². The molecular weight excluding hydrogens is 192 g/mol. The van der Waals surface area contributed by atoms with Gasteiger partial charge in [-0.05, 0) is 55.3 Å². The zero-order valence-corrected chi connectivity index (χ0v) is 9.01. The standard InChI is InChI=1S/C11H18O.CH2O2/c12-6-8-4-7-5-11(8)10-3-1-2-9(7)10;2-1-3/h7-12H,1-6H2;1H,(H,2,3). The van der Waals surface area contributed by atoms with Crippen molar-refractivity contribution >= 4 is 6.47 Å². The second kappa shape index (κ2) is 4.52. The number of aliphatic hydroxyl groups is 1. The van der Waals surface area contributed by atoms with Crippen LogP contribution < -0.4 is 0 Å². The van der Waals surface area contributed by atoms with Gasteiger partial charge in [0.05, 0.1) is 0 Å². The third kappa shape index (κ3) is 1.78. The molecule has 15 heavy (non-hydrogen) atoms. The van der Waals surface area contributed by atoms with E-state index in [-0.39, 0.29) is 6.47 Å². The Morgan fingerprint density at radius 2 is 1.80 bits per heavy atom. The Morgan fingerprint density at radius 3 is 2.47 bits per heavy atom.